The van der Waals surface area contributed by atoms with Crippen molar-refractivity contribution >= 4 is 24.1 Å². The van der Waals surface area contributed by atoms with Crippen LogP contribution < -0.4 is 14.9 Å². The zero-order valence-electron chi connectivity index (χ0n) is 11.6. The Morgan fingerprint density at radius 1 is 1.06 bits per heavy atom. The van der Waals surface area contributed by atoms with Gasteiger partial charge in [0.05, 0.1) is 30.9 Å². The average Bonchev–Trinajstić information content (AvgIpc) is 2.77. The monoisotopic (exact) mass is 271 g/mol. The lowest BCUT2D eigenvalue weighted by Crippen LogP contribution is -2.41. The highest BCUT2D eigenvalue weighted by Gasteiger charge is 2.54. The van der Waals surface area contributed by atoms with Gasteiger partial charge in [0.25, 0.3) is 0 Å². The molecule has 18 heavy (non-hydrogen) atoms. The topological polar surface area (TPSA) is 49.8 Å². The van der Waals surface area contributed by atoms with E-state index < -0.39 is 18.3 Å². The molecule has 2 heterocycles. The molecule has 7 heteroatoms. The van der Waals surface area contributed by atoms with Gasteiger partial charge in [0.1, 0.15) is 0 Å². The SMILES string of the molecule is COc1nsc(OC)c1B1OC(C)(C)C(C)(C)O1. The van der Waals surface area contributed by atoms with Crippen molar-refractivity contribution in [3.63, 3.8) is 0 Å². The maximum absolute atomic E-state index is 5.98. The Hall–Kier alpha value is -0.785. The van der Waals surface area contributed by atoms with Crippen LogP contribution in [0.1, 0.15) is 27.7 Å². The molecule has 0 N–H and O–H groups in total. The normalized spacial score (nSPS) is 21.1. The maximum Gasteiger partial charge on any atom is 0.505 e. The molecule has 0 aromatic carbocycles. The van der Waals surface area contributed by atoms with Crippen LogP contribution in [-0.2, 0) is 9.31 Å². The van der Waals surface area contributed by atoms with E-state index in [0.29, 0.717) is 10.9 Å². The zero-order chi connectivity index (χ0) is 13.6. The molecule has 1 aliphatic rings. The second-order valence-electron chi connectivity index (χ2n) is 5.19. The fraction of sp³-hybridized carbons (Fsp3) is 0.727. The van der Waals surface area contributed by atoms with E-state index in [-0.39, 0.29) is 0 Å². The molecule has 0 spiro atoms. The quantitative estimate of drug-likeness (QED) is 0.779. The first kappa shape index (κ1) is 13.6. The molecule has 1 saturated heterocycles. The van der Waals surface area contributed by atoms with Crippen molar-refractivity contribution in [2.24, 2.45) is 0 Å². The lowest BCUT2D eigenvalue weighted by molar-refractivity contribution is 0.00578. The van der Waals surface area contributed by atoms with Gasteiger partial charge in [-0.05, 0) is 27.7 Å². The van der Waals surface area contributed by atoms with Crippen LogP contribution in [0.4, 0.5) is 0 Å². The molecule has 1 fully saturated rings. The van der Waals surface area contributed by atoms with E-state index in [0.717, 1.165) is 5.46 Å². The Labute approximate surface area is 112 Å². The molecular formula is C11H18BNO4S. The van der Waals surface area contributed by atoms with Crippen LogP contribution >= 0.6 is 11.5 Å². The second kappa shape index (κ2) is 4.40. The van der Waals surface area contributed by atoms with E-state index in [2.05, 4.69) is 4.37 Å². The van der Waals surface area contributed by atoms with Gasteiger partial charge in [0, 0.05) is 11.5 Å². The first-order valence-electron chi connectivity index (χ1n) is 5.75. The molecule has 0 bridgehead atoms. The van der Waals surface area contributed by atoms with E-state index in [1.165, 1.54) is 11.5 Å². The summed E-state index contributed by atoms with van der Waals surface area (Å²) in [7, 11) is 2.66. The summed E-state index contributed by atoms with van der Waals surface area (Å²) in [5.41, 5.74) is -0.0609. The van der Waals surface area contributed by atoms with Gasteiger partial charge in [0.15, 0.2) is 5.06 Å². The molecule has 5 nitrogen and oxygen atoms in total. The number of aromatic nitrogens is 1. The highest BCUT2D eigenvalue weighted by Crippen LogP contribution is 2.38. The minimum absolute atomic E-state index is 0.393. The van der Waals surface area contributed by atoms with Crippen molar-refractivity contribution in [2.45, 2.75) is 38.9 Å². The zero-order valence-corrected chi connectivity index (χ0v) is 12.4. The fourth-order valence-electron chi connectivity index (χ4n) is 1.72. The van der Waals surface area contributed by atoms with Crippen LogP contribution in [0.25, 0.3) is 0 Å². The van der Waals surface area contributed by atoms with E-state index >= 15 is 0 Å². The third-order valence-electron chi connectivity index (χ3n) is 3.53. The van der Waals surface area contributed by atoms with Gasteiger partial charge in [-0.1, -0.05) is 0 Å². The summed E-state index contributed by atoms with van der Waals surface area (Å²) in [6.07, 6.45) is 0. The van der Waals surface area contributed by atoms with Gasteiger partial charge in [-0.2, -0.15) is 4.37 Å². The van der Waals surface area contributed by atoms with Gasteiger partial charge >= 0.3 is 7.12 Å². The van der Waals surface area contributed by atoms with Crippen molar-refractivity contribution in [3.8, 4) is 10.9 Å². The predicted molar refractivity (Wildman–Crippen MR) is 70.9 cm³/mol. The predicted octanol–water partition coefficient (Wildman–Crippen LogP) is 1.46. The first-order valence-corrected chi connectivity index (χ1v) is 6.53. The largest absolute Gasteiger partial charge is 0.505 e. The molecule has 0 aliphatic carbocycles. The minimum atomic E-state index is -0.515. The van der Waals surface area contributed by atoms with Crippen LogP contribution in [0.2, 0.25) is 0 Å². The molecule has 0 saturated carbocycles. The van der Waals surface area contributed by atoms with Crippen molar-refractivity contribution < 1.29 is 18.8 Å². The van der Waals surface area contributed by atoms with E-state index in [1.807, 2.05) is 27.7 Å². The summed E-state index contributed by atoms with van der Waals surface area (Å²) in [4.78, 5) is 0. The molecule has 0 atom stereocenters. The number of methoxy groups -OCH3 is 2. The number of rotatable bonds is 3. The van der Waals surface area contributed by atoms with Crippen LogP contribution in [0.5, 0.6) is 10.9 Å². The highest BCUT2D eigenvalue weighted by atomic mass is 32.1. The highest BCUT2D eigenvalue weighted by molar-refractivity contribution is 7.09. The number of hydrogen-bond donors (Lipinski definition) is 0. The summed E-state index contributed by atoms with van der Waals surface area (Å²) < 4.78 is 26.7. The first-order chi connectivity index (χ1) is 8.32. The third-order valence-corrected chi connectivity index (χ3v) is 4.34. The minimum Gasteiger partial charge on any atom is -0.486 e. The summed E-state index contributed by atoms with van der Waals surface area (Å²) in [5, 5.41) is 0.658. The summed E-state index contributed by atoms with van der Waals surface area (Å²) >= 11 is 1.23. The Morgan fingerprint density at radius 3 is 2.06 bits per heavy atom. The number of ether oxygens (including phenoxy) is 2. The Balaban J connectivity index is 2.37. The van der Waals surface area contributed by atoms with E-state index in [4.69, 9.17) is 18.8 Å². The fourth-order valence-corrected chi connectivity index (χ4v) is 2.42. The van der Waals surface area contributed by atoms with Crippen molar-refractivity contribution in [1.29, 1.82) is 0 Å². The Kier molecular flexibility index (Phi) is 3.33. The second-order valence-corrected chi connectivity index (χ2v) is 5.92. The van der Waals surface area contributed by atoms with Gasteiger partial charge in [-0.15, -0.1) is 0 Å². The van der Waals surface area contributed by atoms with Crippen LogP contribution in [0.3, 0.4) is 0 Å². The van der Waals surface area contributed by atoms with Crippen molar-refractivity contribution in [3.05, 3.63) is 0 Å². The summed E-state index contributed by atoms with van der Waals surface area (Å²) in [5.74, 6) is 0.496. The van der Waals surface area contributed by atoms with Crippen molar-refractivity contribution in [1.82, 2.24) is 4.37 Å². The van der Waals surface area contributed by atoms with E-state index in [9.17, 15) is 0 Å². The molecule has 0 amide bonds. The molecule has 100 valence electrons. The lowest BCUT2D eigenvalue weighted by Gasteiger charge is -2.32. The summed E-state index contributed by atoms with van der Waals surface area (Å²) in [6, 6.07) is 0. The van der Waals surface area contributed by atoms with Crippen molar-refractivity contribution in [2.75, 3.05) is 14.2 Å². The summed E-state index contributed by atoms with van der Waals surface area (Å²) in [6.45, 7) is 8.02. The van der Waals surface area contributed by atoms with Gasteiger partial charge in [-0.25, -0.2) is 0 Å². The van der Waals surface area contributed by atoms with Gasteiger partial charge in [0.2, 0.25) is 5.88 Å². The van der Waals surface area contributed by atoms with Gasteiger partial charge < -0.3 is 18.8 Å². The maximum atomic E-state index is 5.98. The average molecular weight is 271 g/mol. The molecule has 1 aliphatic heterocycles. The molecule has 1 aromatic rings. The number of nitrogens with zero attached hydrogens (tertiary/aromatic N) is 1. The number of hydrogen-bond acceptors (Lipinski definition) is 6. The van der Waals surface area contributed by atoms with Crippen LogP contribution in [0, 0.1) is 0 Å². The molecule has 0 radical (unpaired) electrons. The molecule has 0 unspecified atom stereocenters. The van der Waals surface area contributed by atoms with E-state index in [1.54, 1.807) is 14.2 Å². The lowest BCUT2D eigenvalue weighted by atomic mass is 9.81. The van der Waals surface area contributed by atoms with Gasteiger partial charge in [-0.3, -0.25) is 0 Å². The molecular weight excluding hydrogens is 253 g/mol. The molecule has 1 aromatic heterocycles. The Morgan fingerprint density at radius 2 is 1.61 bits per heavy atom. The van der Waals surface area contributed by atoms with Crippen LogP contribution in [0.15, 0.2) is 0 Å². The molecule has 2 rings (SSSR count). The van der Waals surface area contributed by atoms with Crippen LogP contribution in [-0.4, -0.2) is 36.9 Å². The standard InChI is InChI=1S/C11H18BNO4S/c1-10(2)11(3,4)17-12(16-10)7-8(14-5)13-18-9(7)15-6/h1-6H3. The Bertz CT molecular complexity index is 409. The third kappa shape index (κ3) is 2.00. The smallest absolute Gasteiger partial charge is 0.486 e.